The van der Waals surface area contributed by atoms with E-state index in [1.54, 1.807) is 18.2 Å². The number of benzene rings is 2. The van der Waals surface area contributed by atoms with Gasteiger partial charge in [-0.3, -0.25) is 9.69 Å². The Kier molecular flexibility index (Phi) is 7.10. The molecule has 0 radical (unpaired) electrons. The second-order valence-corrected chi connectivity index (χ2v) is 8.18. The molecule has 0 spiro atoms. The molecule has 0 unspecified atom stereocenters. The SMILES string of the molecule is COC(=O)c1cc(NC(=O)C2CCN(Cc3ccc(Br)cc3)CC2)ccc1Cl. The molecule has 1 fully saturated rings. The van der Waals surface area contributed by atoms with Crippen LogP contribution in [-0.4, -0.2) is 37.0 Å². The summed E-state index contributed by atoms with van der Waals surface area (Å²) in [4.78, 5) is 26.7. The van der Waals surface area contributed by atoms with Crippen molar-refractivity contribution >= 4 is 45.1 Å². The molecular formula is C21H22BrClN2O3. The highest BCUT2D eigenvalue weighted by molar-refractivity contribution is 9.10. The van der Waals surface area contributed by atoms with Gasteiger partial charge in [-0.25, -0.2) is 4.79 Å². The van der Waals surface area contributed by atoms with E-state index >= 15 is 0 Å². The molecule has 5 nitrogen and oxygen atoms in total. The number of nitrogens with zero attached hydrogens (tertiary/aromatic N) is 1. The van der Waals surface area contributed by atoms with Gasteiger partial charge >= 0.3 is 5.97 Å². The van der Waals surface area contributed by atoms with Gasteiger partial charge in [0, 0.05) is 22.6 Å². The Hall–Kier alpha value is -1.89. The summed E-state index contributed by atoms with van der Waals surface area (Å²) in [5.74, 6) is -0.595. The molecule has 148 valence electrons. The molecule has 0 aliphatic carbocycles. The van der Waals surface area contributed by atoms with Crippen molar-refractivity contribution in [3.05, 3.63) is 63.1 Å². The van der Waals surface area contributed by atoms with Crippen molar-refractivity contribution in [1.29, 1.82) is 0 Å². The van der Waals surface area contributed by atoms with Gasteiger partial charge in [-0.2, -0.15) is 0 Å². The van der Waals surface area contributed by atoms with Crippen LogP contribution in [0.2, 0.25) is 5.02 Å². The topological polar surface area (TPSA) is 58.6 Å². The number of likely N-dealkylation sites (tertiary alicyclic amines) is 1. The van der Waals surface area contributed by atoms with Crippen LogP contribution in [0, 0.1) is 5.92 Å². The monoisotopic (exact) mass is 464 g/mol. The number of amides is 1. The number of rotatable bonds is 5. The second kappa shape index (κ2) is 9.54. The molecular weight excluding hydrogens is 444 g/mol. The minimum absolute atomic E-state index is 0.0265. The molecule has 0 atom stereocenters. The summed E-state index contributed by atoms with van der Waals surface area (Å²) in [5, 5.41) is 3.20. The minimum Gasteiger partial charge on any atom is -0.465 e. The minimum atomic E-state index is -0.526. The van der Waals surface area contributed by atoms with E-state index in [2.05, 4.69) is 38.3 Å². The maximum absolute atomic E-state index is 12.6. The van der Waals surface area contributed by atoms with Crippen molar-refractivity contribution in [2.24, 2.45) is 5.92 Å². The lowest BCUT2D eigenvalue weighted by molar-refractivity contribution is -0.121. The van der Waals surface area contributed by atoms with Crippen LogP contribution in [-0.2, 0) is 16.1 Å². The fourth-order valence-electron chi connectivity index (χ4n) is 3.32. The highest BCUT2D eigenvalue weighted by atomic mass is 79.9. The Morgan fingerprint density at radius 2 is 1.86 bits per heavy atom. The van der Waals surface area contributed by atoms with E-state index in [9.17, 15) is 9.59 Å². The maximum atomic E-state index is 12.6. The zero-order chi connectivity index (χ0) is 20.1. The first-order valence-electron chi connectivity index (χ1n) is 9.12. The first-order valence-corrected chi connectivity index (χ1v) is 10.3. The molecule has 1 aliphatic rings. The van der Waals surface area contributed by atoms with Crippen LogP contribution in [0.3, 0.4) is 0 Å². The Balaban J connectivity index is 1.54. The van der Waals surface area contributed by atoms with Crippen LogP contribution < -0.4 is 5.32 Å². The molecule has 1 aliphatic heterocycles. The van der Waals surface area contributed by atoms with Gasteiger partial charge in [0.05, 0.1) is 17.7 Å². The third kappa shape index (κ3) is 5.34. The van der Waals surface area contributed by atoms with E-state index in [1.807, 2.05) is 12.1 Å². The van der Waals surface area contributed by atoms with Crippen molar-refractivity contribution < 1.29 is 14.3 Å². The summed E-state index contributed by atoms with van der Waals surface area (Å²) in [7, 11) is 1.30. The summed E-state index contributed by atoms with van der Waals surface area (Å²) in [6, 6.07) is 13.1. The third-order valence-corrected chi connectivity index (χ3v) is 5.78. The molecule has 1 N–H and O–H groups in total. The van der Waals surface area contributed by atoms with Crippen LogP contribution in [0.4, 0.5) is 5.69 Å². The fraction of sp³-hybridized carbons (Fsp3) is 0.333. The third-order valence-electron chi connectivity index (χ3n) is 4.92. The van der Waals surface area contributed by atoms with Gasteiger partial charge in [-0.15, -0.1) is 0 Å². The van der Waals surface area contributed by atoms with Crippen LogP contribution >= 0.6 is 27.5 Å². The molecule has 7 heteroatoms. The quantitative estimate of drug-likeness (QED) is 0.648. The average molecular weight is 466 g/mol. The zero-order valence-electron chi connectivity index (χ0n) is 15.6. The standard InChI is InChI=1S/C21H22BrClN2O3/c1-28-21(27)18-12-17(6-7-19(18)23)24-20(26)15-8-10-25(11-9-15)13-14-2-4-16(22)5-3-14/h2-7,12,15H,8-11,13H2,1H3,(H,24,26). The molecule has 0 bridgehead atoms. The molecule has 2 aromatic carbocycles. The second-order valence-electron chi connectivity index (χ2n) is 6.85. The molecule has 0 aromatic heterocycles. The zero-order valence-corrected chi connectivity index (χ0v) is 17.9. The summed E-state index contributed by atoms with van der Waals surface area (Å²) in [6.45, 7) is 2.64. The largest absolute Gasteiger partial charge is 0.465 e. The predicted octanol–water partition coefficient (Wildman–Crippen LogP) is 4.74. The summed E-state index contributed by atoms with van der Waals surface area (Å²) in [5.41, 5.74) is 2.06. The number of methoxy groups -OCH3 is 1. The van der Waals surface area contributed by atoms with Crippen molar-refractivity contribution in [2.45, 2.75) is 19.4 Å². The van der Waals surface area contributed by atoms with E-state index in [4.69, 9.17) is 16.3 Å². The average Bonchev–Trinajstić information content (AvgIpc) is 2.71. The smallest absolute Gasteiger partial charge is 0.339 e. The normalized spacial score (nSPS) is 15.2. The maximum Gasteiger partial charge on any atom is 0.339 e. The molecule has 1 heterocycles. The van der Waals surface area contributed by atoms with Crippen molar-refractivity contribution in [1.82, 2.24) is 4.90 Å². The highest BCUT2D eigenvalue weighted by Gasteiger charge is 2.25. The van der Waals surface area contributed by atoms with Gasteiger partial charge in [0.1, 0.15) is 0 Å². The van der Waals surface area contributed by atoms with E-state index < -0.39 is 5.97 Å². The number of hydrogen-bond acceptors (Lipinski definition) is 4. The van der Waals surface area contributed by atoms with Gasteiger partial charge in [0.25, 0.3) is 0 Å². The summed E-state index contributed by atoms with van der Waals surface area (Å²) < 4.78 is 5.79. The highest BCUT2D eigenvalue weighted by Crippen LogP contribution is 2.24. The summed E-state index contributed by atoms with van der Waals surface area (Å²) >= 11 is 9.48. The Morgan fingerprint density at radius 1 is 1.18 bits per heavy atom. The van der Waals surface area contributed by atoms with Gasteiger partial charge in [-0.1, -0.05) is 39.7 Å². The molecule has 2 aromatic rings. The van der Waals surface area contributed by atoms with E-state index in [0.717, 1.165) is 36.9 Å². The number of piperidine rings is 1. The van der Waals surface area contributed by atoms with Crippen LogP contribution in [0.5, 0.6) is 0 Å². The number of halogens is 2. The number of esters is 1. The lowest BCUT2D eigenvalue weighted by atomic mass is 9.95. The van der Waals surface area contributed by atoms with Crippen molar-refractivity contribution in [3.8, 4) is 0 Å². The number of carbonyl (C=O) groups excluding carboxylic acids is 2. The first-order chi connectivity index (χ1) is 13.5. The predicted molar refractivity (Wildman–Crippen MR) is 114 cm³/mol. The van der Waals surface area contributed by atoms with Crippen molar-refractivity contribution in [2.75, 3.05) is 25.5 Å². The number of hydrogen-bond donors (Lipinski definition) is 1. The molecule has 3 rings (SSSR count). The van der Waals surface area contributed by atoms with E-state index in [1.165, 1.54) is 12.7 Å². The molecule has 28 heavy (non-hydrogen) atoms. The lowest BCUT2D eigenvalue weighted by Gasteiger charge is -2.31. The number of nitrogens with one attached hydrogen (secondary N) is 1. The van der Waals surface area contributed by atoms with E-state index in [-0.39, 0.29) is 17.4 Å². The van der Waals surface area contributed by atoms with Crippen molar-refractivity contribution in [3.63, 3.8) is 0 Å². The van der Waals surface area contributed by atoms with Gasteiger partial charge < -0.3 is 10.1 Å². The molecule has 0 saturated carbocycles. The number of ether oxygens (including phenoxy) is 1. The van der Waals surface area contributed by atoms with Crippen LogP contribution in [0.1, 0.15) is 28.8 Å². The van der Waals surface area contributed by atoms with E-state index in [0.29, 0.717) is 10.7 Å². The summed E-state index contributed by atoms with van der Waals surface area (Å²) in [6.07, 6.45) is 1.61. The van der Waals surface area contributed by atoms with Crippen LogP contribution in [0.15, 0.2) is 46.9 Å². The Morgan fingerprint density at radius 3 is 2.50 bits per heavy atom. The number of carbonyl (C=O) groups is 2. The Labute approximate surface area is 178 Å². The van der Waals surface area contributed by atoms with Gasteiger partial charge in [0.2, 0.25) is 5.91 Å². The fourth-order valence-corrected chi connectivity index (χ4v) is 3.77. The van der Waals surface area contributed by atoms with Gasteiger partial charge in [0.15, 0.2) is 0 Å². The van der Waals surface area contributed by atoms with Gasteiger partial charge in [-0.05, 0) is 61.8 Å². The molecule has 1 saturated heterocycles. The lowest BCUT2D eigenvalue weighted by Crippen LogP contribution is -2.37. The molecule has 1 amide bonds. The first kappa shape index (κ1) is 20.8. The number of anilines is 1. The Bertz CT molecular complexity index is 849. The van der Waals surface area contributed by atoms with Crippen LogP contribution in [0.25, 0.3) is 0 Å².